The Morgan fingerprint density at radius 3 is 2.55 bits per heavy atom. The molecule has 10 heteroatoms. The van der Waals surface area contributed by atoms with Crippen LogP contribution < -0.4 is 10.1 Å². The minimum atomic E-state index is -0.838. The minimum absolute atomic E-state index is 0.140. The number of methoxy groups -OCH3 is 2. The molecule has 2 unspecified atom stereocenters. The summed E-state index contributed by atoms with van der Waals surface area (Å²) >= 11 is 0. The van der Waals surface area contributed by atoms with Gasteiger partial charge < -0.3 is 34.5 Å². The molecule has 206 valence electrons. The average Bonchev–Trinajstić information content (AvgIpc) is 3.21. The van der Waals surface area contributed by atoms with E-state index >= 15 is 0 Å². The molecule has 1 saturated heterocycles. The molecule has 1 aliphatic carbocycles. The number of allylic oxidation sites excluding steroid dienone is 2. The van der Waals surface area contributed by atoms with Crippen LogP contribution in [0.5, 0.6) is 5.75 Å². The van der Waals surface area contributed by atoms with Gasteiger partial charge in [-0.3, -0.25) is 4.90 Å². The molecule has 0 radical (unpaired) electrons. The standard InChI is InChI=1S/C28H36N2O8/c1-4-10-30(14-24(32)21-8-7-19-22(26(21)36-3)16-38-28(19)34)11-9-29-13-23(31)20-6-5-17-12-18(25(20)35-2)15-37-27(17)33/h5-8,23-24,29,31-32H,4,9-16H2,1-3H3. The number of hydrogen-bond donors (Lipinski definition) is 3. The van der Waals surface area contributed by atoms with Gasteiger partial charge in [0.2, 0.25) is 0 Å². The summed E-state index contributed by atoms with van der Waals surface area (Å²) in [5.74, 6) is 0.330. The molecule has 2 heterocycles. The number of aliphatic hydroxyl groups excluding tert-OH is 2. The third kappa shape index (κ3) is 5.94. The summed E-state index contributed by atoms with van der Waals surface area (Å²) in [5, 5.41) is 25.2. The zero-order valence-electron chi connectivity index (χ0n) is 22.1. The summed E-state index contributed by atoms with van der Waals surface area (Å²) in [6.07, 6.45) is 3.12. The zero-order chi connectivity index (χ0) is 27.2. The van der Waals surface area contributed by atoms with Gasteiger partial charge in [-0.1, -0.05) is 25.1 Å². The normalized spacial score (nSPS) is 18.3. The summed E-state index contributed by atoms with van der Waals surface area (Å²) in [4.78, 5) is 25.9. The van der Waals surface area contributed by atoms with Crippen LogP contribution in [-0.4, -0.2) is 86.7 Å². The first-order chi connectivity index (χ1) is 18.4. The van der Waals surface area contributed by atoms with Gasteiger partial charge in [0.1, 0.15) is 24.7 Å². The lowest BCUT2D eigenvalue weighted by Crippen LogP contribution is -2.38. The second kappa shape index (κ2) is 12.6. The van der Waals surface area contributed by atoms with Gasteiger partial charge in [0.05, 0.1) is 32.0 Å². The number of aliphatic hydroxyl groups is 2. The summed E-state index contributed by atoms with van der Waals surface area (Å²) in [6.45, 7) is 5.06. The molecule has 2 aliphatic heterocycles. The molecule has 0 spiro atoms. The number of ether oxygens (including phenoxy) is 4. The van der Waals surface area contributed by atoms with Crippen LogP contribution in [0.25, 0.3) is 0 Å². The number of fused-ring (bicyclic) bond motifs is 3. The molecule has 3 N–H and O–H groups in total. The predicted molar refractivity (Wildman–Crippen MR) is 138 cm³/mol. The van der Waals surface area contributed by atoms with Crippen LogP contribution in [0.3, 0.4) is 0 Å². The third-order valence-electron chi connectivity index (χ3n) is 6.99. The largest absolute Gasteiger partial charge is 0.496 e. The number of carbonyl (C=O) groups is 2. The van der Waals surface area contributed by atoms with E-state index in [1.165, 1.54) is 7.11 Å². The molecular weight excluding hydrogens is 492 g/mol. The lowest BCUT2D eigenvalue weighted by atomic mass is 10.00. The second-order valence-corrected chi connectivity index (χ2v) is 9.53. The Bertz CT molecular complexity index is 1160. The highest BCUT2D eigenvalue weighted by Gasteiger charge is 2.30. The van der Waals surface area contributed by atoms with Crippen molar-refractivity contribution >= 4 is 11.9 Å². The number of hydrogen-bond acceptors (Lipinski definition) is 10. The highest BCUT2D eigenvalue weighted by atomic mass is 16.5. The number of carbonyl (C=O) groups excluding carboxylic acids is 2. The highest BCUT2D eigenvalue weighted by molar-refractivity contribution is 5.94. The fourth-order valence-electron chi connectivity index (χ4n) is 5.10. The van der Waals surface area contributed by atoms with Crippen molar-refractivity contribution in [1.29, 1.82) is 0 Å². The van der Waals surface area contributed by atoms with Gasteiger partial charge in [0.25, 0.3) is 0 Å². The molecule has 10 nitrogen and oxygen atoms in total. The number of benzene rings is 1. The number of esters is 2. The van der Waals surface area contributed by atoms with E-state index in [9.17, 15) is 19.8 Å². The van der Waals surface area contributed by atoms with E-state index in [-0.39, 0.29) is 25.2 Å². The first-order valence-electron chi connectivity index (χ1n) is 12.9. The van der Waals surface area contributed by atoms with Crippen LogP contribution >= 0.6 is 0 Å². The van der Waals surface area contributed by atoms with Crippen LogP contribution in [0.1, 0.15) is 47.4 Å². The van der Waals surface area contributed by atoms with E-state index in [4.69, 9.17) is 18.9 Å². The predicted octanol–water partition coefficient (Wildman–Crippen LogP) is 1.78. The van der Waals surface area contributed by atoms with Crippen molar-refractivity contribution in [3.63, 3.8) is 0 Å². The fraction of sp³-hybridized carbons (Fsp3) is 0.500. The molecule has 3 aliphatic rings. The zero-order valence-corrected chi connectivity index (χ0v) is 22.1. The number of nitrogens with zero attached hydrogens (tertiary/aromatic N) is 1. The third-order valence-corrected chi connectivity index (χ3v) is 6.99. The molecule has 1 aromatic rings. The quantitative estimate of drug-likeness (QED) is 0.258. The van der Waals surface area contributed by atoms with E-state index in [1.54, 1.807) is 31.4 Å². The summed E-state index contributed by atoms with van der Waals surface area (Å²) < 4.78 is 21.4. The van der Waals surface area contributed by atoms with Crippen molar-refractivity contribution < 1.29 is 38.7 Å². The van der Waals surface area contributed by atoms with Crippen LogP contribution in [0, 0.1) is 0 Å². The molecule has 2 bridgehead atoms. The molecule has 1 fully saturated rings. The van der Waals surface area contributed by atoms with E-state index in [1.807, 2.05) is 0 Å². The van der Waals surface area contributed by atoms with Crippen molar-refractivity contribution in [2.75, 3.05) is 53.6 Å². The SMILES string of the molecule is CCCN(CCNCC(O)C1=CC=C2CC(=C1OC)COC2=O)CC(O)c1ccc2c(c1OC)COC2=O. The van der Waals surface area contributed by atoms with Gasteiger partial charge in [-0.2, -0.15) is 0 Å². The molecule has 38 heavy (non-hydrogen) atoms. The van der Waals surface area contributed by atoms with Gasteiger partial charge in [0, 0.05) is 60.4 Å². The number of rotatable bonds is 13. The van der Waals surface area contributed by atoms with Crippen molar-refractivity contribution in [3.8, 4) is 5.75 Å². The summed E-state index contributed by atoms with van der Waals surface area (Å²) in [5.41, 5.74) is 3.75. The van der Waals surface area contributed by atoms with E-state index < -0.39 is 12.2 Å². The number of nitrogens with one attached hydrogen (secondary N) is 1. The molecule has 0 saturated carbocycles. The Hall–Kier alpha value is -3.18. The van der Waals surface area contributed by atoms with Crippen molar-refractivity contribution in [3.05, 3.63) is 63.5 Å². The molecule has 0 aromatic heterocycles. The van der Waals surface area contributed by atoms with Crippen molar-refractivity contribution in [2.45, 2.75) is 38.6 Å². The summed E-state index contributed by atoms with van der Waals surface area (Å²) in [6, 6.07) is 3.40. The van der Waals surface area contributed by atoms with Crippen molar-refractivity contribution in [1.82, 2.24) is 10.2 Å². The van der Waals surface area contributed by atoms with Gasteiger partial charge >= 0.3 is 11.9 Å². The van der Waals surface area contributed by atoms with Gasteiger partial charge in [0.15, 0.2) is 0 Å². The maximum atomic E-state index is 11.9. The minimum Gasteiger partial charge on any atom is -0.496 e. The Kier molecular flexibility index (Phi) is 9.22. The summed E-state index contributed by atoms with van der Waals surface area (Å²) in [7, 11) is 3.07. The van der Waals surface area contributed by atoms with E-state index in [0.29, 0.717) is 71.9 Å². The van der Waals surface area contributed by atoms with Crippen LogP contribution in [0.4, 0.5) is 0 Å². The smallest absolute Gasteiger partial charge is 0.339 e. The topological polar surface area (TPSA) is 127 Å². The van der Waals surface area contributed by atoms with Crippen LogP contribution in [0.2, 0.25) is 0 Å². The first kappa shape index (κ1) is 27.8. The van der Waals surface area contributed by atoms with E-state index in [0.717, 1.165) is 18.5 Å². The first-order valence-corrected chi connectivity index (χ1v) is 12.9. The molecule has 2 atom stereocenters. The lowest BCUT2D eigenvalue weighted by molar-refractivity contribution is -0.139. The molecular formula is C28H36N2O8. The fourth-order valence-corrected chi connectivity index (χ4v) is 5.10. The highest BCUT2D eigenvalue weighted by Crippen LogP contribution is 2.36. The van der Waals surface area contributed by atoms with Crippen LogP contribution in [-0.2, 0) is 25.6 Å². The molecule has 4 rings (SSSR count). The Morgan fingerprint density at radius 1 is 1.03 bits per heavy atom. The maximum absolute atomic E-state index is 11.9. The Balaban J connectivity index is 1.34. The number of cyclic esters (lactones) is 2. The van der Waals surface area contributed by atoms with Crippen molar-refractivity contribution in [2.24, 2.45) is 0 Å². The molecule has 0 amide bonds. The van der Waals surface area contributed by atoms with E-state index in [2.05, 4.69) is 17.1 Å². The average molecular weight is 529 g/mol. The Morgan fingerprint density at radius 2 is 1.82 bits per heavy atom. The van der Waals surface area contributed by atoms with Gasteiger partial charge in [-0.15, -0.1) is 0 Å². The lowest BCUT2D eigenvalue weighted by Gasteiger charge is -2.26. The second-order valence-electron chi connectivity index (χ2n) is 9.53. The maximum Gasteiger partial charge on any atom is 0.339 e. The van der Waals surface area contributed by atoms with Gasteiger partial charge in [-0.05, 0) is 19.0 Å². The van der Waals surface area contributed by atoms with Gasteiger partial charge in [-0.25, -0.2) is 9.59 Å². The molecule has 1 aromatic carbocycles. The van der Waals surface area contributed by atoms with Crippen LogP contribution in [0.15, 0.2) is 46.8 Å². The monoisotopic (exact) mass is 528 g/mol. The Labute approximate surface area is 222 Å².